The molecule has 0 aromatic carbocycles. The molecule has 7 nitrogen and oxygen atoms in total. The molecule has 1 saturated heterocycles. The van der Waals surface area contributed by atoms with E-state index in [0.717, 1.165) is 54.4 Å². The van der Waals surface area contributed by atoms with Gasteiger partial charge in [-0.05, 0) is 51.0 Å². The van der Waals surface area contributed by atoms with Crippen molar-refractivity contribution in [2.45, 2.75) is 32.6 Å². The Bertz CT molecular complexity index is 973. The first-order chi connectivity index (χ1) is 13.1. The molecule has 1 fully saturated rings. The number of nitrogens with zero attached hydrogens (tertiary/aromatic N) is 5. The van der Waals surface area contributed by atoms with Crippen LogP contribution in [0.1, 0.15) is 35.8 Å². The van der Waals surface area contributed by atoms with Crippen LogP contribution in [0.4, 0.5) is 5.82 Å². The molecule has 27 heavy (non-hydrogen) atoms. The smallest absolute Gasteiger partial charge is 0.251 e. The third kappa shape index (κ3) is 3.86. The highest BCUT2D eigenvalue weighted by atomic mass is 16.1. The van der Waals surface area contributed by atoms with E-state index >= 15 is 0 Å². The Balaban J connectivity index is 1.52. The van der Waals surface area contributed by atoms with Gasteiger partial charge >= 0.3 is 0 Å². The van der Waals surface area contributed by atoms with E-state index in [2.05, 4.69) is 25.1 Å². The number of anilines is 1. The first-order valence-corrected chi connectivity index (χ1v) is 9.18. The van der Waals surface area contributed by atoms with Gasteiger partial charge in [-0.3, -0.25) is 9.78 Å². The number of hydrogen-bond acceptors (Lipinski definition) is 6. The molecule has 0 aliphatic carbocycles. The van der Waals surface area contributed by atoms with Crippen LogP contribution >= 0.6 is 0 Å². The highest BCUT2D eigenvalue weighted by Gasteiger charge is 2.23. The molecular formula is C20H22N6O. The molecule has 1 aliphatic rings. The molecule has 1 N–H and O–H groups in total. The number of hydrogen-bond donors (Lipinski definition) is 1. The van der Waals surface area contributed by atoms with Crippen LogP contribution in [0, 0.1) is 13.8 Å². The fourth-order valence-corrected chi connectivity index (χ4v) is 3.40. The summed E-state index contributed by atoms with van der Waals surface area (Å²) in [4.78, 5) is 26.3. The Hall–Kier alpha value is -3.09. The van der Waals surface area contributed by atoms with Gasteiger partial charge in [0.25, 0.3) is 5.56 Å². The first kappa shape index (κ1) is 17.3. The molecule has 1 aliphatic heterocycles. The Morgan fingerprint density at radius 3 is 2.48 bits per heavy atom. The number of aryl methyl sites for hydroxylation is 2. The van der Waals surface area contributed by atoms with Crippen molar-refractivity contribution >= 4 is 5.82 Å². The molecule has 4 heterocycles. The Morgan fingerprint density at radius 2 is 1.81 bits per heavy atom. The van der Waals surface area contributed by atoms with E-state index in [0.29, 0.717) is 5.82 Å². The van der Waals surface area contributed by atoms with E-state index in [1.54, 1.807) is 12.3 Å². The van der Waals surface area contributed by atoms with Crippen molar-refractivity contribution in [2.24, 2.45) is 0 Å². The van der Waals surface area contributed by atoms with Crippen molar-refractivity contribution in [1.29, 1.82) is 0 Å². The SMILES string of the molecule is Cc1ccc(-c2nc(C3CCN(c4ccc(C)nn4)CC3)cc(=O)[nH]2)cn1. The molecule has 0 radical (unpaired) electrons. The van der Waals surface area contributed by atoms with Crippen LogP contribution in [0.2, 0.25) is 0 Å². The fraction of sp³-hybridized carbons (Fsp3) is 0.350. The van der Waals surface area contributed by atoms with Crippen LogP contribution in [0.3, 0.4) is 0 Å². The largest absolute Gasteiger partial charge is 0.355 e. The molecule has 0 unspecified atom stereocenters. The molecule has 7 heteroatoms. The molecule has 0 atom stereocenters. The third-order valence-electron chi connectivity index (χ3n) is 4.97. The van der Waals surface area contributed by atoms with Crippen LogP contribution < -0.4 is 10.5 Å². The maximum atomic E-state index is 12.2. The summed E-state index contributed by atoms with van der Waals surface area (Å²) in [6.45, 7) is 5.61. The van der Waals surface area contributed by atoms with Crippen molar-refractivity contribution in [3.8, 4) is 11.4 Å². The van der Waals surface area contributed by atoms with Crippen molar-refractivity contribution in [1.82, 2.24) is 25.1 Å². The summed E-state index contributed by atoms with van der Waals surface area (Å²) in [5, 5.41) is 8.41. The number of aromatic amines is 1. The van der Waals surface area contributed by atoms with E-state index < -0.39 is 0 Å². The minimum atomic E-state index is -0.123. The zero-order chi connectivity index (χ0) is 18.8. The van der Waals surface area contributed by atoms with Gasteiger partial charge in [-0.1, -0.05) is 0 Å². The molecule has 0 spiro atoms. The van der Waals surface area contributed by atoms with Crippen molar-refractivity contribution in [3.63, 3.8) is 0 Å². The molecule has 0 saturated carbocycles. The van der Waals surface area contributed by atoms with Gasteiger partial charge in [0.15, 0.2) is 5.82 Å². The molecule has 4 rings (SSSR count). The molecule has 3 aromatic heterocycles. The van der Waals surface area contributed by atoms with Crippen LogP contribution in [-0.4, -0.2) is 38.2 Å². The number of piperidine rings is 1. The minimum Gasteiger partial charge on any atom is -0.355 e. The second-order valence-corrected chi connectivity index (χ2v) is 7.00. The highest BCUT2D eigenvalue weighted by Crippen LogP contribution is 2.28. The zero-order valence-electron chi connectivity index (χ0n) is 15.5. The standard InChI is InChI=1S/C20H22N6O/c1-13-3-5-16(12-21-13)20-22-17(11-19(27)23-20)15-7-9-26(10-8-15)18-6-4-14(2)24-25-18/h3-6,11-12,15H,7-10H2,1-2H3,(H,22,23,27). The summed E-state index contributed by atoms with van der Waals surface area (Å²) in [6.07, 6.45) is 3.60. The summed E-state index contributed by atoms with van der Waals surface area (Å²) in [5.41, 5.74) is 3.40. The van der Waals surface area contributed by atoms with Crippen LogP contribution in [0.5, 0.6) is 0 Å². The summed E-state index contributed by atoms with van der Waals surface area (Å²) in [5.74, 6) is 1.75. The van der Waals surface area contributed by atoms with Gasteiger partial charge in [0.2, 0.25) is 0 Å². The van der Waals surface area contributed by atoms with Crippen molar-refractivity contribution < 1.29 is 0 Å². The first-order valence-electron chi connectivity index (χ1n) is 9.18. The predicted molar refractivity (Wildman–Crippen MR) is 104 cm³/mol. The van der Waals surface area contributed by atoms with Gasteiger partial charge in [-0.25, -0.2) is 4.98 Å². The van der Waals surface area contributed by atoms with Gasteiger partial charge in [-0.15, -0.1) is 5.10 Å². The average Bonchev–Trinajstić information content (AvgIpc) is 2.69. The van der Waals surface area contributed by atoms with Gasteiger partial charge < -0.3 is 9.88 Å². The van der Waals surface area contributed by atoms with Gasteiger partial charge in [-0.2, -0.15) is 5.10 Å². The summed E-state index contributed by atoms with van der Waals surface area (Å²) in [6, 6.07) is 9.47. The van der Waals surface area contributed by atoms with E-state index in [1.807, 2.05) is 38.1 Å². The summed E-state index contributed by atoms with van der Waals surface area (Å²) >= 11 is 0. The topological polar surface area (TPSA) is 87.7 Å². The van der Waals surface area contributed by atoms with Gasteiger partial charge in [0.1, 0.15) is 5.82 Å². The molecular weight excluding hydrogens is 340 g/mol. The Kier molecular flexibility index (Phi) is 4.66. The van der Waals surface area contributed by atoms with Crippen LogP contribution in [0.15, 0.2) is 41.3 Å². The van der Waals surface area contributed by atoms with E-state index in [9.17, 15) is 4.79 Å². The van der Waals surface area contributed by atoms with Crippen molar-refractivity contribution in [2.75, 3.05) is 18.0 Å². The number of H-pyrrole nitrogens is 1. The zero-order valence-corrected chi connectivity index (χ0v) is 15.5. The Morgan fingerprint density at radius 1 is 1.04 bits per heavy atom. The number of nitrogens with one attached hydrogen (secondary N) is 1. The monoisotopic (exact) mass is 362 g/mol. The highest BCUT2D eigenvalue weighted by molar-refractivity contribution is 5.53. The van der Waals surface area contributed by atoms with E-state index in [-0.39, 0.29) is 11.5 Å². The predicted octanol–water partition coefficient (Wildman–Crippen LogP) is 2.62. The average molecular weight is 362 g/mol. The van der Waals surface area contributed by atoms with Gasteiger partial charge in [0.05, 0.1) is 11.4 Å². The second kappa shape index (κ2) is 7.26. The summed E-state index contributed by atoms with van der Waals surface area (Å²) < 4.78 is 0. The number of pyridine rings is 1. The van der Waals surface area contributed by atoms with Crippen molar-refractivity contribution in [3.05, 3.63) is 64.0 Å². The van der Waals surface area contributed by atoms with E-state index in [4.69, 9.17) is 4.98 Å². The lowest BCUT2D eigenvalue weighted by Crippen LogP contribution is -2.34. The lowest BCUT2D eigenvalue weighted by Gasteiger charge is -2.32. The number of aromatic nitrogens is 5. The lowest BCUT2D eigenvalue weighted by atomic mass is 9.93. The molecule has 138 valence electrons. The normalized spacial score (nSPS) is 15.1. The quantitative estimate of drug-likeness (QED) is 0.771. The van der Waals surface area contributed by atoms with Crippen LogP contribution in [0.25, 0.3) is 11.4 Å². The third-order valence-corrected chi connectivity index (χ3v) is 4.97. The molecule has 0 bridgehead atoms. The van der Waals surface area contributed by atoms with E-state index in [1.165, 1.54) is 0 Å². The minimum absolute atomic E-state index is 0.123. The van der Waals surface area contributed by atoms with Crippen LogP contribution in [-0.2, 0) is 0 Å². The summed E-state index contributed by atoms with van der Waals surface area (Å²) in [7, 11) is 0. The second-order valence-electron chi connectivity index (χ2n) is 7.00. The lowest BCUT2D eigenvalue weighted by molar-refractivity contribution is 0.492. The Labute approximate surface area is 157 Å². The fourth-order valence-electron chi connectivity index (χ4n) is 3.40. The molecule has 0 amide bonds. The number of rotatable bonds is 3. The maximum Gasteiger partial charge on any atom is 0.251 e. The molecule has 3 aromatic rings. The van der Waals surface area contributed by atoms with Gasteiger partial charge in [0, 0.05) is 42.5 Å². The maximum absolute atomic E-state index is 12.2.